The zero-order chi connectivity index (χ0) is 17.9. The highest BCUT2D eigenvalue weighted by Gasteiger charge is 2.20. The molecule has 1 unspecified atom stereocenters. The molecule has 0 saturated heterocycles. The molecule has 0 bridgehead atoms. The van der Waals surface area contributed by atoms with E-state index in [1.54, 1.807) is 36.6 Å². The molecule has 0 radical (unpaired) electrons. The Balaban J connectivity index is 2.52. The van der Waals surface area contributed by atoms with Crippen molar-refractivity contribution < 1.29 is 9.53 Å². The highest BCUT2D eigenvalue weighted by molar-refractivity contribution is 8.00. The number of halogens is 1. The topological polar surface area (TPSA) is 61.2 Å². The smallest absolute Gasteiger partial charge is 0.319 e. The summed E-state index contributed by atoms with van der Waals surface area (Å²) in [6.07, 6.45) is 0. The number of esters is 1. The minimum absolute atomic E-state index is 0.144. The third-order valence-electron chi connectivity index (χ3n) is 3.33. The van der Waals surface area contributed by atoms with Gasteiger partial charge in [0.25, 0.3) is 5.56 Å². The first-order chi connectivity index (χ1) is 11.3. The fourth-order valence-corrected chi connectivity index (χ4v) is 3.34. The van der Waals surface area contributed by atoms with Gasteiger partial charge < -0.3 is 4.74 Å². The van der Waals surface area contributed by atoms with Crippen LogP contribution < -0.4 is 5.56 Å². The van der Waals surface area contributed by atoms with E-state index in [0.29, 0.717) is 34.2 Å². The fourth-order valence-electron chi connectivity index (χ4n) is 2.25. The van der Waals surface area contributed by atoms with E-state index in [2.05, 4.69) is 4.98 Å². The van der Waals surface area contributed by atoms with Crippen LogP contribution in [0.25, 0.3) is 10.9 Å². The molecule has 0 N–H and O–H groups in total. The molecular weight excluding hydrogens is 348 g/mol. The molecule has 0 fully saturated rings. The van der Waals surface area contributed by atoms with Gasteiger partial charge in [-0.15, -0.1) is 0 Å². The summed E-state index contributed by atoms with van der Waals surface area (Å²) < 4.78 is 6.65. The van der Waals surface area contributed by atoms with Gasteiger partial charge in [0.05, 0.1) is 17.5 Å². The molecule has 0 aliphatic carbocycles. The number of hydrogen-bond donors (Lipinski definition) is 0. The van der Waals surface area contributed by atoms with Crippen LogP contribution in [0.4, 0.5) is 0 Å². The van der Waals surface area contributed by atoms with Crippen molar-refractivity contribution in [3.8, 4) is 0 Å². The predicted octanol–water partition coefficient (Wildman–Crippen LogP) is 3.75. The van der Waals surface area contributed by atoms with E-state index in [1.807, 2.05) is 13.8 Å². The van der Waals surface area contributed by atoms with Crippen molar-refractivity contribution in [2.24, 2.45) is 5.92 Å². The van der Waals surface area contributed by atoms with Crippen molar-refractivity contribution >= 4 is 40.2 Å². The molecule has 0 aliphatic rings. The van der Waals surface area contributed by atoms with Gasteiger partial charge in [-0.1, -0.05) is 37.2 Å². The van der Waals surface area contributed by atoms with Crippen LogP contribution >= 0.6 is 23.4 Å². The molecule has 1 aromatic heterocycles. The van der Waals surface area contributed by atoms with Gasteiger partial charge in [-0.2, -0.15) is 0 Å². The lowest BCUT2D eigenvalue weighted by Gasteiger charge is -2.17. The number of hydrogen-bond acceptors (Lipinski definition) is 5. The highest BCUT2D eigenvalue weighted by Crippen LogP contribution is 2.25. The average Bonchev–Trinajstić information content (AvgIpc) is 2.51. The molecule has 0 aliphatic heterocycles. The molecule has 130 valence electrons. The number of rotatable bonds is 6. The lowest BCUT2D eigenvalue weighted by molar-refractivity contribution is -0.142. The fraction of sp³-hybridized carbons (Fsp3) is 0.471. The van der Waals surface area contributed by atoms with Gasteiger partial charge in [-0.25, -0.2) is 4.98 Å². The van der Waals surface area contributed by atoms with Gasteiger partial charge in [-0.05, 0) is 38.0 Å². The number of thioether (sulfide) groups is 1. The van der Waals surface area contributed by atoms with Gasteiger partial charge in [0.1, 0.15) is 5.25 Å². The number of nitrogens with zero attached hydrogens (tertiary/aromatic N) is 2. The Kier molecular flexibility index (Phi) is 6.29. The van der Waals surface area contributed by atoms with Crippen LogP contribution in [0.3, 0.4) is 0 Å². The molecule has 2 aromatic rings. The summed E-state index contributed by atoms with van der Waals surface area (Å²) in [6, 6.07) is 5.05. The molecule has 7 heteroatoms. The predicted molar refractivity (Wildman–Crippen MR) is 97.8 cm³/mol. The standard InChI is InChI=1S/C17H21ClN2O3S/c1-5-23-16(22)11(4)24-17-19-14-7-6-12(18)8-13(14)15(21)20(17)9-10(2)3/h6-8,10-11H,5,9H2,1-4H3. The summed E-state index contributed by atoms with van der Waals surface area (Å²) >= 11 is 7.24. The van der Waals surface area contributed by atoms with E-state index < -0.39 is 5.25 Å². The molecule has 0 saturated carbocycles. The van der Waals surface area contributed by atoms with E-state index in [1.165, 1.54) is 11.8 Å². The summed E-state index contributed by atoms with van der Waals surface area (Å²) in [6.45, 7) is 8.41. The maximum Gasteiger partial charge on any atom is 0.319 e. The van der Waals surface area contributed by atoms with Gasteiger partial charge >= 0.3 is 5.97 Å². The van der Waals surface area contributed by atoms with E-state index in [-0.39, 0.29) is 17.4 Å². The summed E-state index contributed by atoms with van der Waals surface area (Å²) in [4.78, 5) is 29.3. The number of benzene rings is 1. The molecule has 1 heterocycles. The van der Waals surface area contributed by atoms with Gasteiger partial charge in [0, 0.05) is 11.6 Å². The average molecular weight is 369 g/mol. The Morgan fingerprint density at radius 3 is 2.71 bits per heavy atom. The van der Waals surface area contributed by atoms with Crippen LogP contribution in [0.15, 0.2) is 28.2 Å². The summed E-state index contributed by atoms with van der Waals surface area (Å²) in [5, 5.41) is 1.05. The monoisotopic (exact) mass is 368 g/mol. The summed E-state index contributed by atoms with van der Waals surface area (Å²) in [7, 11) is 0. The maximum absolute atomic E-state index is 12.8. The second kappa shape index (κ2) is 8.03. The maximum atomic E-state index is 12.8. The first-order valence-electron chi connectivity index (χ1n) is 7.86. The molecule has 0 amide bonds. The largest absolute Gasteiger partial charge is 0.465 e. The minimum Gasteiger partial charge on any atom is -0.465 e. The van der Waals surface area contributed by atoms with Crippen molar-refractivity contribution in [3.05, 3.63) is 33.6 Å². The first-order valence-corrected chi connectivity index (χ1v) is 9.12. The Morgan fingerprint density at radius 2 is 2.08 bits per heavy atom. The van der Waals surface area contributed by atoms with Crippen molar-refractivity contribution in [1.82, 2.24) is 9.55 Å². The van der Waals surface area contributed by atoms with Crippen molar-refractivity contribution in [3.63, 3.8) is 0 Å². The van der Waals surface area contributed by atoms with E-state index in [9.17, 15) is 9.59 Å². The zero-order valence-electron chi connectivity index (χ0n) is 14.2. The second-order valence-electron chi connectivity index (χ2n) is 5.88. The summed E-state index contributed by atoms with van der Waals surface area (Å²) in [5.74, 6) is -0.0533. The van der Waals surface area contributed by atoms with E-state index >= 15 is 0 Å². The highest BCUT2D eigenvalue weighted by atomic mass is 35.5. The number of aromatic nitrogens is 2. The first kappa shape index (κ1) is 18.8. The van der Waals surface area contributed by atoms with Crippen LogP contribution in [0, 0.1) is 5.92 Å². The van der Waals surface area contributed by atoms with Crippen LogP contribution in [0.5, 0.6) is 0 Å². The number of carbonyl (C=O) groups is 1. The quantitative estimate of drug-likeness (QED) is 0.441. The van der Waals surface area contributed by atoms with Gasteiger partial charge in [-0.3, -0.25) is 14.2 Å². The Bertz CT molecular complexity index is 804. The third-order valence-corrected chi connectivity index (χ3v) is 4.63. The second-order valence-corrected chi connectivity index (χ2v) is 7.62. The summed E-state index contributed by atoms with van der Waals surface area (Å²) in [5.41, 5.74) is 0.428. The number of ether oxygens (including phenoxy) is 1. The van der Waals surface area contributed by atoms with Crippen LogP contribution in [-0.2, 0) is 16.1 Å². The SMILES string of the molecule is CCOC(=O)C(C)Sc1nc2ccc(Cl)cc2c(=O)n1CC(C)C. The molecular formula is C17H21ClN2O3S. The third kappa shape index (κ3) is 4.30. The lowest BCUT2D eigenvalue weighted by Crippen LogP contribution is -2.27. The normalized spacial score (nSPS) is 12.6. The van der Waals surface area contributed by atoms with Crippen molar-refractivity contribution in [2.45, 2.75) is 44.6 Å². The Labute approximate surface area is 150 Å². The molecule has 0 spiro atoms. The van der Waals surface area contributed by atoms with Crippen LogP contribution in [0.2, 0.25) is 5.02 Å². The molecule has 24 heavy (non-hydrogen) atoms. The van der Waals surface area contributed by atoms with Gasteiger partial charge in [0.15, 0.2) is 5.16 Å². The van der Waals surface area contributed by atoms with Gasteiger partial charge in [0.2, 0.25) is 0 Å². The minimum atomic E-state index is -0.444. The molecule has 2 rings (SSSR count). The van der Waals surface area contributed by atoms with Crippen LogP contribution in [-0.4, -0.2) is 27.4 Å². The van der Waals surface area contributed by atoms with Crippen molar-refractivity contribution in [1.29, 1.82) is 0 Å². The van der Waals surface area contributed by atoms with E-state index in [4.69, 9.17) is 16.3 Å². The van der Waals surface area contributed by atoms with E-state index in [0.717, 1.165) is 0 Å². The number of fused-ring (bicyclic) bond motifs is 1. The zero-order valence-corrected chi connectivity index (χ0v) is 15.8. The Hall–Kier alpha value is -1.53. The molecule has 5 nitrogen and oxygen atoms in total. The lowest BCUT2D eigenvalue weighted by atomic mass is 10.2. The molecule has 1 aromatic carbocycles. The molecule has 1 atom stereocenters. The Morgan fingerprint density at radius 1 is 1.38 bits per heavy atom. The van der Waals surface area contributed by atoms with Crippen molar-refractivity contribution in [2.75, 3.05) is 6.61 Å². The number of carbonyl (C=O) groups excluding carboxylic acids is 1. The van der Waals surface area contributed by atoms with Crippen LogP contribution in [0.1, 0.15) is 27.7 Å².